The Hall–Kier alpha value is -2.46. The SMILES string of the molecule is CC(Sc1nnc(C(C)Oc2ccccc2F)n1C(C)C)C(=O)Nc1nccs1. The first-order chi connectivity index (χ1) is 13.9. The Balaban J connectivity index is 1.75. The Morgan fingerprint density at radius 1 is 1.24 bits per heavy atom. The largest absolute Gasteiger partial charge is 0.480 e. The van der Waals surface area contributed by atoms with Gasteiger partial charge in [0.2, 0.25) is 5.91 Å². The molecule has 0 saturated carbocycles. The van der Waals surface area contributed by atoms with Gasteiger partial charge in [-0.2, -0.15) is 0 Å². The highest BCUT2D eigenvalue weighted by molar-refractivity contribution is 8.00. The number of halogens is 1. The summed E-state index contributed by atoms with van der Waals surface area (Å²) >= 11 is 2.66. The summed E-state index contributed by atoms with van der Waals surface area (Å²) in [5.74, 6) is 0.125. The van der Waals surface area contributed by atoms with Crippen molar-refractivity contribution in [3.8, 4) is 5.75 Å². The van der Waals surface area contributed by atoms with E-state index < -0.39 is 17.2 Å². The highest BCUT2D eigenvalue weighted by atomic mass is 32.2. The molecule has 2 atom stereocenters. The molecule has 1 aromatic carbocycles. The number of thioether (sulfide) groups is 1. The van der Waals surface area contributed by atoms with Gasteiger partial charge in [-0.25, -0.2) is 9.37 Å². The Kier molecular flexibility index (Phi) is 6.86. The van der Waals surface area contributed by atoms with Gasteiger partial charge in [0.25, 0.3) is 0 Å². The van der Waals surface area contributed by atoms with Crippen molar-refractivity contribution in [2.45, 2.75) is 50.2 Å². The third-order valence-corrected chi connectivity index (χ3v) is 5.77. The fourth-order valence-electron chi connectivity index (χ4n) is 2.62. The maximum atomic E-state index is 13.9. The Labute approximate surface area is 176 Å². The third-order valence-electron chi connectivity index (χ3n) is 4.03. The number of anilines is 1. The summed E-state index contributed by atoms with van der Waals surface area (Å²) in [6.45, 7) is 7.58. The third kappa shape index (κ3) is 5.13. The predicted octanol–water partition coefficient (Wildman–Crippen LogP) is 4.71. The highest BCUT2D eigenvalue weighted by Crippen LogP contribution is 2.30. The van der Waals surface area contributed by atoms with Crippen LogP contribution in [0.2, 0.25) is 0 Å². The van der Waals surface area contributed by atoms with E-state index in [0.29, 0.717) is 16.1 Å². The summed E-state index contributed by atoms with van der Waals surface area (Å²) in [6, 6.07) is 6.27. The molecule has 3 aromatic rings. The zero-order valence-corrected chi connectivity index (χ0v) is 18.1. The van der Waals surface area contributed by atoms with E-state index in [1.165, 1.54) is 29.2 Å². The van der Waals surface area contributed by atoms with Gasteiger partial charge in [-0.3, -0.25) is 4.79 Å². The highest BCUT2D eigenvalue weighted by Gasteiger charge is 2.25. The van der Waals surface area contributed by atoms with Gasteiger partial charge in [-0.05, 0) is 39.8 Å². The fraction of sp³-hybridized carbons (Fsp3) is 0.368. The second-order valence-corrected chi connectivity index (χ2v) is 8.78. The van der Waals surface area contributed by atoms with Gasteiger partial charge in [-0.15, -0.1) is 21.5 Å². The summed E-state index contributed by atoms with van der Waals surface area (Å²) in [6.07, 6.45) is 1.12. The number of thiazole rings is 1. The van der Waals surface area contributed by atoms with Crippen LogP contribution in [0.3, 0.4) is 0 Å². The summed E-state index contributed by atoms with van der Waals surface area (Å²) < 4.78 is 21.6. The molecule has 1 amide bonds. The van der Waals surface area contributed by atoms with Crippen molar-refractivity contribution in [1.29, 1.82) is 0 Å². The molecule has 2 aromatic heterocycles. The summed E-state index contributed by atoms with van der Waals surface area (Å²) in [5.41, 5.74) is 0. The molecule has 0 aliphatic rings. The average molecular weight is 436 g/mol. The van der Waals surface area contributed by atoms with Crippen molar-refractivity contribution in [3.63, 3.8) is 0 Å². The van der Waals surface area contributed by atoms with Crippen molar-refractivity contribution in [2.24, 2.45) is 0 Å². The fourth-order valence-corrected chi connectivity index (χ4v) is 4.14. The number of aromatic nitrogens is 4. The van der Waals surface area contributed by atoms with E-state index in [1.54, 1.807) is 43.6 Å². The number of nitrogens with zero attached hydrogens (tertiary/aromatic N) is 4. The van der Waals surface area contributed by atoms with Gasteiger partial charge in [-0.1, -0.05) is 23.9 Å². The standard InChI is InChI=1S/C19H22FN5O2S2/c1-11(2)25-16(12(3)27-15-8-6-5-7-14(15)20)23-24-19(25)29-13(4)17(26)22-18-21-9-10-28-18/h5-13H,1-4H3,(H,21,22,26). The zero-order valence-electron chi connectivity index (χ0n) is 16.5. The maximum absolute atomic E-state index is 13.9. The van der Waals surface area contributed by atoms with Gasteiger partial charge in [0.05, 0.1) is 5.25 Å². The number of amides is 1. The van der Waals surface area contributed by atoms with Crippen molar-refractivity contribution in [3.05, 3.63) is 47.5 Å². The molecular weight excluding hydrogens is 413 g/mol. The molecular formula is C19H22FN5O2S2. The van der Waals surface area contributed by atoms with Gasteiger partial charge in [0.1, 0.15) is 0 Å². The van der Waals surface area contributed by atoms with Crippen LogP contribution in [0.5, 0.6) is 5.75 Å². The smallest absolute Gasteiger partial charge is 0.239 e. The average Bonchev–Trinajstić information content (AvgIpc) is 3.33. The number of hydrogen-bond acceptors (Lipinski definition) is 7. The number of ether oxygens (including phenoxy) is 1. The minimum absolute atomic E-state index is 0.0309. The van der Waals surface area contributed by atoms with Crippen molar-refractivity contribution in [1.82, 2.24) is 19.7 Å². The van der Waals surface area contributed by atoms with Gasteiger partial charge < -0.3 is 14.6 Å². The summed E-state index contributed by atoms with van der Waals surface area (Å²) in [4.78, 5) is 16.5. The topological polar surface area (TPSA) is 81.9 Å². The van der Waals surface area contributed by atoms with Crippen LogP contribution in [0.4, 0.5) is 9.52 Å². The lowest BCUT2D eigenvalue weighted by atomic mass is 10.3. The number of rotatable bonds is 8. The summed E-state index contributed by atoms with van der Waals surface area (Å²) in [7, 11) is 0. The Morgan fingerprint density at radius 2 is 2.00 bits per heavy atom. The molecule has 2 unspecified atom stereocenters. The molecule has 1 N–H and O–H groups in total. The predicted molar refractivity (Wildman–Crippen MR) is 112 cm³/mol. The molecule has 0 bridgehead atoms. The summed E-state index contributed by atoms with van der Waals surface area (Å²) in [5, 5.41) is 13.8. The minimum atomic E-state index is -0.518. The molecule has 0 spiro atoms. The van der Waals surface area contributed by atoms with Crippen LogP contribution in [0.1, 0.15) is 45.7 Å². The molecule has 0 radical (unpaired) electrons. The maximum Gasteiger partial charge on any atom is 0.239 e. The second kappa shape index (κ2) is 9.36. The Morgan fingerprint density at radius 3 is 2.66 bits per heavy atom. The van der Waals surface area contributed by atoms with Gasteiger partial charge in [0.15, 0.2) is 33.8 Å². The quantitative estimate of drug-likeness (QED) is 0.516. The van der Waals surface area contributed by atoms with E-state index in [1.807, 2.05) is 18.4 Å². The van der Waals surface area contributed by atoms with Crippen molar-refractivity contribution in [2.75, 3.05) is 5.32 Å². The van der Waals surface area contributed by atoms with E-state index in [0.717, 1.165) is 0 Å². The molecule has 0 saturated heterocycles. The minimum Gasteiger partial charge on any atom is -0.480 e. The molecule has 0 aliphatic carbocycles. The zero-order chi connectivity index (χ0) is 21.0. The van der Waals surface area contributed by atoms with Crippen LogP contribution in [0.25, 0.3) is 0 Å². The van der Waals surface area contributed by atoms with Crippen LogP contribution in [0.15, 0.2) is 41.0 Å². The number of nitrogens with one attached hydrogen (secondary N) is 1. The molecule has 0 fully saturated rings. The van der Waals surface area contributed by atoms with Crippen molar-refractivity contribution < 1.29 is 13.9 Å². The van der Waals surface area contributed by atoms with Crippen LogP contribution < -0.4 is 10.1 Å². The van der Waals surface area contributed by atoms with E-state index in [-0.39, 0.29) is 17.7 Å². The number of benzene rings is 1. The molecule has 7 nitrogen and oxygen atoms in total. The number of carbonyl (C=O) groups is 1. The normalized spacial score (nSPS) is 13.3. The molecule has 0 aliphatic heterocycles. The number of hydrogen-bond donors (Lipinski definition) is 1. The van der Waals surface area contributed by atoms with E-state index in [4.69, 9.17) is 4.74 Å². The van der Waals surface area contributed by atoms with Crippen LogP contribution in [0, 0.1) is 5.82 Å². The van der Waals surface area contributed by atoms with E-state index in [2.05, 4.69) is 20.5 Å². The lowest BCUT2D eigenvalue weighted by molar-refractivity contribution is -0.115. The van der Waals surface area contributed by atoms with Crippen LogP contribution in [-0.4, -0.2) is 30.9 Å². The molecule has 10 heteroatoms. The molecule has 3 rings (SSSR count). The van der Waals surface area contributed by atoms with Crippen LogP contribution in [-0.2, 0) is 4.79 Å². The molecule has 29 heavy (non-hydrogen) atoms. The first-order valence-electron chi connectivity index (χ1n) is 9.09. The van der Waals surface area contributed by atoms with Crippen molar-refractivity contribution >= 4 is 34.1 Å². The molecule has 2 heterocycles. The lowest BCUT2D eigenvalue weighted by Gasteiger charge is -2.19. The first kappa shape index (κ1) is 21.3. The number of para-hydroxylation sites is 1. The van der Waals surface area contributed by atoms with E-state index >= 15 is 0 Å². The first-order valence-corrected chi connectivity index (χ1v) is 10.9. The van der Waals surface area contributed by atoms with Crippen LogP contribution >= 0.6 is 23.1 Å². The van der Waals surface area contributed by atoms with E-state index in [9.17, 15) is 9.18 Å². The monoisotopic (exact) mass is 435 g/mol. The number of carbonyl (C=O) groups excluding carboxylic acids is 1. The van der Waals surface area contributed by atoms with Gasteiger partial charge in [0, 0.05) is 17.6 Å². The molecule has 154 valence electrons. The Bertz CT molecular complexity index is 961. The van der Waals surface area contributed by atoms with Gasteiger partial charge >= 0.3 is 0 Å². The second-order valence-electron chi connectivity index (χ2n) is 6.58. The lowest BCUT2D eigenvalue weighted by Crippen LogP contribution is -2.23.